The van der Waals surface area contributed by atoms with Crippen molar-refractivity contribution in [2.24, 2.45) is 0 Å². The lowest BCUT2D eigenvalue weighted by Gasteiger charge is -2.16. The second-order valence-electron chi connectivity index (χ2n) is 5.61. The summed E-state index contributed by atoms with van der Waals surface area (Å²) in [6.07, 6.45) is 7.52. The van der Waals surface area contributed by atoms with E-state index in [1.165, 1.54) is 24.3 Å². The van der Waals surface area contributed by atoms with Gasteiger partial charge in [-0.05, 0) is 31.7 Å². The molecule has 25 heavy (non-hydrogen) atoms. The van der Waals surface area contributed by atoms with Crippen LogP contribution in [0.4, 0.5) is 5.69 Å². The average molecular weight is 381 g/mol. The second-order valence-corrected chi connectivity index (χ2v) is 6.43. The van der Waals surface area contributed by atoms with Crippen LogP contribution in [0, 0.1) is 10.1 Å². The predicted octanol–water partition coefficient (Wildman–Crippen LogP) is 5.27. The molecule has 1 aromatic carbocycles. The molecule has 0 spiro atoms. The van der Waals surface area contributed by atoms with Crippen LogP contribution in [0.25, 0.3) is 5.70 Å². The highest BCUT2D eigenvalue weighted by atomic mass is 35.5. The molecule has 0 atom stereocenters. The van der Waals surface area contributed by atoms with Crippen molar-refractivity contribution < 1.29 is 9.66 Å². The summed E-state index contributed by atoms with van der Waals surface area (Å²) in [7, 11) is 0. The van der Waals surface area contributed by atoms with Crippen LogP contribution in [-0.4, -0.2) is 9.49 Å². The number of benzene rings is 1. The second kappa shape index (κ2) is 7.29. The average Bonchev–Trinajstić information content (AvgIpc) is 2.60. The summed E-state index contributed by atoms with van der Waals surface area (Å²) < 4.78 is 7.23. The van der Waals surface area contributed by atoms with Crippen molar-refractivity contribution in [3.63, 3.8) is 0 Å². The molecule has 0 saturated carbocycles. The van der Waals surface area contributed by atoms with Gasteiger partial charge in [-0.25, -0.2) is 0 Å². The topological polar surface area (TPSA) is 74.4 Å². The molecule has 130 valence electrons. The normalized spacial score (nSPS) is 14.1. The summed E-state index contributed by atoms with van der Waals surface area (Å²) in [6.45, 7) is 0. The molecule has 0 aliphatic heterocycles. The Kier molecular flexibility index (Phi) is 5.11. The highest BCUT2D eigenvalue weighted by Crippen LogP contribution is 2.39. The third kappa shape index (κ3) is 3.86. The first kappa shape index (κ1) is 17.5. The molecule has 0 radical (unpaired) electrons. The Balaban J connectivity index is 1.95. The van der Waals surface area contributed by atoms with E-state index in [2.05, 4.69) is 0 Å². The van der Waals surface area contributed by atoms with Crippen LogP contribution >= 0.6 is 23.2 Å². The molecule has 0 unspecified atom stereocenters. The number of ether oxygens (including phenoxy) is 1. The molecule has 2 aromatic rings. The molecule has 0 N–H and O–H groups in total. The lowest BCUT2D eigenvalue weighted by atomic mass is 10.0. The molecule has 1 aliphatic carbocycles. The fourth-order valence-electron chi connectivity index (χ4n) is 2.66. The van der Waals surface area contributed by atoms with E-state index < -0.39 is 4.92 Å². The zero-order valence-corrected chi connectivity index (χ0v) is 14.6. The molecule has 0 fully saturated rings. The third-order valence-electron chi connectivity index (χ3n) is 3.87. The number of pyridine rings is 1. The van der Waals surface area contributed by atoms with Gasteiger partial charge in [-0.1, -0.05) is 29.3 Å². The highest BCUT2D eigenvalue weighted by molar-refractivity contribution is 6.37. The summed E-state index contributed by atoms with van der Waals surface area (Å²) in [5.41, 5.74) is 0.559. The Morgan fingerprint density at radius 3 is 2.48 bits per heavy atom. The Labute approximate surface area is 153 Å². The van der Waals surface area contributed by atoms with E-state index in [0.29, 0.717) is 5.75 Å². The van der Waals surface area contributed by atoms with Crippen LogP contribution in [0.3, 0.4) is 0 Å². The maximum Gasteiger partial charge on any atom is 0.272 e. The van der Waals surface area contributed by atoms with E-state index in [-0.39, 0.29) is 27.0 Å². The van der Waals surface area contributed by atoms with Gasteiger partial charge in [0.1, 0.15) is 5.75 Å². The summed E-state index contributed by atoms with van der Waals surface area (Å²) in [5, 5.41) is 10.9. The van der Waals surface area contributed by atoms with Crippen molar-refractivity contribution in [2.45, 2.75) is 25.7 Å². The lowest BCUT2D eigenvalue weighted by molar-refractivity contribution is -0.384. The minimum absolute atomic E-state index is 0.0221. The summed E-state index contributed by atoms with van der Waals surface area (Å²) >= 11 is 12.1. The molecular formula is C17H14Cl2N2O4. The maximum atomic E-state index is 12.1. The molecule has 1 aromatic heterocycles. The number of halogens is 2. The van der Waals surface area contributed by atoms with E-state index in [4.69, 9.17) is 27.9 Å². The van der Waals surface area contributed by atoms with Gasteiger partial charge < -0.3 is 4.74 Å². The van der Waals surface area contributed by atoms with Crippen molar-refractivity contribution >= 4 is 34.6 Å². The lowest BCUT2D eigenvalue weighted by Crippen LogP contribution is -2.18. The van der Waals surface area contributed by atoms with Gasteiger partial charge in [0, 0.05) is 23.9 Å². The van der Waals surface area contributed by atoms with Gasteiger partial charge >= 0.3 is 0 Å². The summed E-state index contributed by atoms with van der Waals surface area (Å²) in [4.78, 5) is 22.4. The molecule has 8 heteroatoms. The fourth-order valence-corrected chi connectivity index (χ4v) is 3.21. The zero-order chi connectivity index (χ0) is 18.0. The Hall–Kier alpha value is -2.31. The molecular weight excluding hydrogens is 367 g/mol. The summed E-state index contributed by atoms with van der Waals surface area (Å²) in [5.74, 6) is 0.473. The highest BCUT2D eigenvalue weighted by Gasteiger charge is 2.17. The number of allylic oxidation sites excluding steroid dienone is 2. The van der Waals surface area contributed by atoms with Crippen molar-refractivity contribution in [2.75, 3.05) is 0 Å². The number of nitro benzene ring substituents is 1. The first-order valence-electron chi connectivity index (χ1n) is 7.69. The number of hydrogen-bond donors (Lipinski definition) is 0. The van der Waals surface area contributed by atoms with Gasteiger partial charge in [-0.15, -0.1) is 0 Å². The molecule has 1 heterocycles. The van der Waals surface area contributed by atoms with Crippen LogP contribution in [0.1, 0.15) is 25.7 Å². The standard InChI is InChI=1S/C17H14Cl2N2O4/c18-14-8-12(21(23)24)9-15(19)17(14)25-13-6-7-16(22)20(10-13)11-4-2-1-3-5-11/h4,6-10H,1-3,5H2. The van der Waals surface area contributed by atoms with Crippen molar-refractivity contribution in [3.05, 3.63) is 67.1 Å². The largest absolute Gasteiger partial charge is 0.453 e. The Morgan fingerprint density at radius 1 is 1.16 bits per heavy atom. The maximum absolute atomic E-state index is 12.1. The van der Waals surface area contributed by atoms with Gasteiger partial charge in [0.2, 0.25) is 0 Å². The smallest absolute Gasteiger partial charge is 0.272 e. The van der Waals surface area contributed by atoms with Crippen molar-refractivity contribution in [1.82, 2.24) is 4.57 Å². The first-order valence-corrected chi connectivity index (χ1v) is 8.44. The number of aromatic nitrogens is 1. The van der Waals surface area contributed by atoms with Gasteiger partial charge in [-0.3, -0.25) is 19.5 Å². The third-order valence-corrected chi connectivity index (χ3v) is 4.44. The van der Waals surface area contributed by atoms with E-state index in [1.807, 2.05) is 6.08 Å². The van der Waals surface area contributed by atoms with Crippen LogP contribution in [-0.2, 0) is 0 Å². The predicted molar refractivity (Wildman–Crippen MR) is 96.6 cm³/mol. The van der Waals surface area contributed by atoms with Gasteiger partial charge in [0.25, 0.3) is 11.2 Å². The quantitative estimate of drug-likeness (QED) is 0.534. The van der Waals surface area contributed by atoms with Gasteiger partial charge in [0.05, 0.1) is 21.2 Å². The number of hydrogen-bond acceptors (Lipinski definition) is 4. The molecule has 1 aliphatic rings. The Morgan fingerprint density at radius 2 is 1.88 bits per heavy atom. The Bertz CT molecular complexity index is 898. The molecule has 3 rings (SSSR count). The van der Waals surface area contributed by atoms with Crippen molar-refractivity contribution in [3.8, 4) is 11.5 Å². The van der Waals surface area contributed by atoms with E-state index >= 15 is 0 Å². The van der Waals surface area contributed by atoms with Crippen LogP contribution < -0.4 is 10.3 Å². The monoisotopic (exact) mass is 380 g/mol. The fraction of sp³-hybridized carbons (Fsp3) is 0.235. The minimum atomic E-state index is -0.586. The minimum Gasteiger partial charge on any atom is -0.453 e. The summed E-state index contributed by atoms with van der Waals surface area (Å²) in [6, 6.07) is 5.25. The van der Waals surface area contributed by atoms with Crippen LogP contribution in [0.5, 0.6) is 11.5 Å². The van der Waals surface area contributed by atoms with Crippen molar-refractivity contribution in [1.29, 1.82) is 0 Å². The molecule has 0 bridgehead atoms. The molecule has 0 saturated heterocycles. The van der Waals surface area contributed by atoms with Crippen LogP contribution in [0.2, 0.25) is 10.0 Å². The molecule has 6 nitrogen and oxygen atoms in total. The van der Waals surface area contributed by atoms with Gasteiger partial charge in [-0.2, -0.15) is 0 Å². The SMILES string of the molecule is O=c1ccc(Oc2c(Cl)cc([N+](=O)[O-])cc2Cl)cn1C1=CCCCC1. The first-order chi connectivity index (χ1) is 12.0. The molecule has 0 amide bonds. The number of rotatable bonds is 4. The van der Waals surface area contributed by atoms with E-state index in [0.717, 1.165) is 31.4 Å². The number of nitro groups is 1. The number of non-ortho nitro benzene ring substituents is 1. The zero-order valence-electron chi connectivity index (χ0n) is 13.1. The van der Waals surface area contributed by atoms with E-state index in [1.54, 1.807) is 10.8 Å². The number of nitrogens with zero attached hydrogens (tertiary/aromatic N) is 2. The van der Waals surface area contributed by atoms with E-state index in [9.17, 15) is 14.9 Å². The van der Waals surface area contributed by atoms with Crippen LogP contribution in [0.15, 0.2) is 41.3 Å². The van der Waals surface area contributed by atoms with Gasteiger partial charge in [0.15, 0.2) is 5.75 Å².